The minimum absolute atomic E-state index is 0.186. The van der Waals surface area contributed by atoms with Crippen LogP contribution >= 0.6 is 31.9 Å². The summed E-state index contributed by atoms with van der Waals surface area (Å²) in [5.41, 5.74) is 2.62. The molecule has 0 aliphatic heterocycles. The summed E-state index contributed by atoms with van der Waals surface area (Å²) in [4.78, 5) is 11.0. The van der Waals surface area contributed by atoms with Crippen molar-refractivity contribution in [3.63, 3.8) is 0 Å². The molecule has 0 atom stereocenters. The van der Waals surface area contributed by atoms with E-state index in [2.05, 4.69) is 51.9 Å². The van der Waals surface area contributed by atoms with Crippen LogP contribution in [0.1, 0.15) is 17.5 Å². The van der Waals surface area contributed by atoms with Crippen LogP contribution in [-0.2, 0) is 16.6 Å². The average Bonchev–Trinajstić information content (AvgIpc) is 2.95. The first-order valence-electron chi connectivity index (χ1n) is 13.1. The van der Waals surface area contributed by atoms with E-state index in [-0.39, 0.29) is 11.4 Å². The second-order valence-electron chi connectivity index (χ2n) is 9.58. The number of anilines is 2. The quantitative estimate of drug-likeness (QED) is 0.118. The predicted molar refractivity (Wildman–Crippen MR) is 170 cm³/mol. The van der Waals surface area contributed by atoms with Crippen LogP contribution in [0.4, 0.5) is 15.9 Å². The van der Waals surface area contributed by atoms with Gasteiger partial charge in [-0.05, 0) is 71.7 Å². The van der Waals surface area contributed by atoms with Gasteiger partial charge in [0.25, 0.3) is 0 Å². The van der Waals surface area contributed by atoms with E-state index in [1.54, 1.807) is 50.4 Å². The largest absolute Gasteiger partial charge is 0.493 e. The van der Waals surface area contributed by atoms with Crippen molar-refractivity contribution < 1.29 is 22.3 Å². The number of aryl methyl sites for hydroxylation is 1. The molecule has 3 aromatic carbocycles. The molecule has 13 heteroatoms. The number of likely N-dealkylation sites (N-methyl/N-ethyl adjacent to an activating group) is 1. The zero-order valence-corrected chi connectivity index (χ0v) is 27.4. The van der Waals surface area contributed by atoms with Gasteiger partial charge in [-0.15, -0.1) is 0 Å². The molecular weight excluding hydrogens is 693 g/mol. The molecule has 0 fully saturated rings. The van der Waals surface area contributed by atoms with E-state index >= 15 is 0 Å². The topological polar surface area (TPSA) is 106 Å². The highest BCUT2D eigenvalue weighted by Gasteiger charge is 2.18. The Kier molecular flexibility index (Phi) is 11.1. The maximum absolute atomic E-state index is 14.7. The van der Waals surface area contributed by atoms with Crippen molar-refractivity contribution in [2.24, 2.45) is 0 Å². The summed E-state index contributed by atoms with van der Waals surface area (Å²) in [6.45, 7) is 3.19. The van der Waals surface area contributed by atoms with Crippen LogP contribution in [0.2, 0.25) is 0 Å². The Balaban J connectivity index is 1.54. The number of nitrogens with zero attached hydrogens (tertiary/aromatic N) is 3. The molecule has 2 N–H and O–H groups in total. The number of alkyl halides is 1. The zero-order valence-electron chi connectivity index (χ0n) is 23.5. The summed E-state index contributed by atoms with van der Waals surface area (Å²) in [7, 11) is -0.232. The van der Waals surface area contributed by atoms with Gasteiger partial charge in [0, 0.05) is 42.1 Å². The maximum atomic E-state index is 14.7. The van der Waals surface area contributed by atoms with Crippen molar-refractivity contribution in [1.29, 1.82) is 0 Å². The first kappa shape index (κ1) is 32.1. The molecule has 0 aliphatic carbocycles. The monoisotopic (exact) mass is 723 g/mol. The Hall–Kier alpha value is -2.84. The van der Waals surface area contributed by atoms with Crippen molar-refractivity contribution in [3.05, 3.63) is 76.3 Å². The summed E-state index contributed by atoms with van der Waals surface area (Å²) >= 11 is 6.70. The third kappa shape index (κ3) is 7.95. The fraction of sp³-hybridized carbons (Fsp3) is 0.310. The number of fused-ring (bicyclic) bond motifs is 1. The van der Waals surface area contributed by atoms with Crippen LogP contribution in [0.5, 0.6) is 11.5 Å². The highest BCUT2D eigenvalue weighted by atomic mass is 79.9. The third-order valence-corrected chi connectivity index (χ3v) is 9.25. The summed E-state index contributed by atoms with van der Waals surface area (Å²) < 4.78 is 54.6. The van der Waals surface area contributed by atoms with Crippen molar-refractivity contribution >= 4 is 64.3 Å². The number of hydrogen-bond donors (Lipinski definition) is 2. The Labute approximate surface area is 262 Å². The Bertz CT molecular complexity index is 1660. The normalized spacial score (nSPS) is 11.7. The predicted octanol–water partition coefficient (Wildman–Crippen LogP) is 6.17. The Morgan fingerprint density at radius 1 is 1.10 bits per heavy atom. The number of nitrogens with one attached hydrogen (secondary N) is 2. The van der Waals surface area contributed by atoms with Crippen molar-refractivity contribution in [2.45, 2.75) is 24.8 Å². The lowest BCUT2D eigenvalue weighted by Crippen LogP contribution is -2.33. The fourth-order valence-electron chi connectivity index (χ4n) is 4.31. The molecule has 0 amide bonds. The highest BCUT2D eigenvalue weighted by Crippen LogP contribution is 2.36. The van der Waals surface area contributed by atoms with Crippen LogP contribution in [0, 0.1) is 12.7 Å². The van der Waals surface area contributed by atoms with E-state index in [1.807, 2.05) is 18.0 Å². The lowest BCUT2D eigenvalue weighted by Gasteiger charge is -2.21. The van der Waals surface area contributed by atoms with Gasteiger partial charge in [-0.1, -0.05) is 34.1 Å². The van der Waals surface area contributed by atoms with Gasteiger partial charge in [0.05, 0.1) is 28.6 Å². The van der Waals surface area contributed by atoms with E-state index in [9.17, 15) is 12.8 Å². The molecule has 0 bridgehead atoms. The first-order valence-corrected chi connectivity index (χ1v) is 16.5. The molecule has 0 radical (unpaired) electrons. The minimum atomic E-state index is -3.65. The molecule has 4 aromatic rings. The van der Waals surface area contributed by atoms with Crippen LogP contribution in [-0.4, -0.2) is 62.5 Å². The van der Waals surface area contributed by atoms with Gasteiger partial charge in [0.15, 0.2) is 11.5 Å². The summed E-state index contributed by atoms with van der Waals surface area (Å²) in [6, 6.07) is 13.5. The van der Waals surface area contributed by atoms with Crippen LogP contribution in [0.25, 0.3) is 10.9 Å². The van der Waals surface area contributed by atoms with Gasteiger partial charge < -0.3 is 19.7 Å². The standard InChI is InChI=1S/C29H32Br2FN5O4S/c1-19-7-4-5-8-28(19)42(38,39)35-10-11-37(2)17-20-13-23(32)22(31)15-24(20)36-29-21-14-27(41-12-6-9-30)26(40-3)16-25(21)33-18-34-29/h4-5,7-8,13-16,18,35H,6,9-12,17H2,1-3H3,(H,33,34,36). The van der Waals surface area contributed by atoms with Gasteiger partial charge in [0.1, 0.15) is 18.0 Å². The third-order valence-electron chi connectivity index (χ3n) is 6.46. The summed E-state index contributed by atoms with van der Waals surface area (Å²) in [6.07, 6.45) is 2.27. The van der Waals surface area contributed by atoms with Crippen molar-refractivity contribution in [1.82, 2.24) is 19.6 Å². The number of methoxy groups -OCH3 is 1. The molecule has 1 aromatic heterocycles. The highest BCUT2D eigenvalue weighted by molar-refractivity contribution is 9.10. The lowest BCUT2D eigenvalue weighted by molar-refractivity contribution is 0.296. The Morgan fingerprint density at radius 3 is 2.62 bits per heavy atom. The number of rotatable bonds is 14. The summed E-state index contributed by atoms with van der Waals surface area (Å²) in [5, 5.41) is 4.86. The fourth-order valence-corrected chi connectivity index (χ4v) is 6.15. The molecule has 4 rings (SSSR count). The zero-order chi connectivity index (χ0) is 30.3. The SMILES string of the molecule is COc1cc2ncnc(Nc3cc(Br)c(F)cc3CN(C)CCNS(=O)(=O)c3ccccc3C)c2cc1OCCCBr. The van der Waals surface area contributed by atoms with Crippen molar-refractivity contribution in [3.8, 4) is 11.5 Å². The molecule has 0 saturated carbocycles. The van der Waals surface area contributed by atoms with Gasteiger partial charge in [-0.2, -0.15) is 0 Å². The molecule has 0 unspecified atom stereocenters. The summed E-state index contributed by atoms with van der Waals surface area (Å²) in [5.74, 6) is 1.23. The minimum Gasteiger partial charge on any atom is -0.493 e. The van der Waals surface area contributed by atoms with Crippen molar-refractivity contribution in [2.75, 3.05) is 44.5 Å². The molecule has 224 valence electrons. The molecule has 0 saturated heterocycles. The van der Waals surface area contributed by atoms with E-state index in [0.29, 0.717) is 69.2 Å². The van der Waals surface area contributed by atoms with Crippen LogP contribution in [0.15, 0.2) is 64.2 Å². The van der Waals surface area contributed by atoms with E-state index in [0.717, 1.165) is 11.8 Å². The number of halogens is 3. The number of benzene rings is 3. The maximum Gasteiger partial charge on any atom is 0.240 e. The number of hydrogen-bond acceptors (Lipinski definition) is 8. The molecule has 1 heterocycles. The number of aromatic nitrogens is 2. The van der Waals surface area contributed by atoms with Gasteiger partial charge in [0.2, 0.25) is 10.0 Å². The van der Waals surface area contributed by atoms with E-state index in [4.69, 9.17) is 9.47 Å². The average molecular weight is 725 g/mol. The lowest BCUT2D eigenvalue weighted by atomic mass is 10.1. The number of ether oxygens (including phenoxy) is 2. The molecule has 42 heavy (non-hydrogen) atoms. The van der Waals surface area contributed by atoms with Gasteiger partial charge in [-0.3, -0.25) is 0 Å². The number of sulfonamides is 1. The molecular formula is C29H32Br2FN5O4S. The van der Waals surface area contributed by atoms with E-state index < -0.39 is 15.8 Å². The second-order valence-corrected chi connectivity index (χ2v) is 13.0. The second kappa shape index (κ2) is 14.6. The molecule has 0 aliphatic rings. The molecule has 9 nitrogen and oxygen atoms in total. The van der Waals surface area contributed by atoms with Gasteiger partial charge in [-0.25, -0.2) is 27.5 Å². The van der Waals surface area contributed by atoms with Crippen LogP contribution < -0.4 is 19.5 Å². The van der Waals surface area contributed by atoms with Gasteiger partial charge >= 0.3 is 0 Å². The Morgan fingerprint density at radius 2 is 1.88 bits per heavy atom. The first-order chi connectivity index (χ1) is 20.1. The smallest absolute Gasteiger partial charge is 0.240 e. The van der Waals surface area contributed by atoms with Crippen LogP contribution in [0.3, 0.4) is 0 Å². The molecule has 0 spiro atoms. The van der Waals surface area contributed by atoms with E-state index in [1.165, 1.54) is 12.4 Å².